The number of methoxy groups -OCH3 is 1. The highest BCUT2D eigenvalue weighted by Crippen LogP contribution is 2.38. The number of rotatable bonds is 3. The smallest absolute Gasteiger partial charge is 0.420 e. The van der Waals surface area contributed by atoms with Gasteiger partial charge in [-0.15, -0.1) is 0 Å². The van der Waals surface area contributed by atoms with Crippen molar-refractivity contribution in [3.05, 3.63) is 23.8 Å². The van der Waals surface area contributed by atoms with Crippen LogP contribution in [-0.4, -0.2) is 26.3 Å². The van der Waals surface area contributed by atoms with E-state index in [2.05, 4.69) is 5.32 Å². The van der Waals surface area contributed by atoms with Crippen molar-refractivity contribution >= 4 is 0 Å². The van der Waals surface area contributed by atoms with Crippen LogP contribution in [0.5, 0.6) is 11.5 Å². The molecular weight excluding hydrogens is 247 g/mol. The third kappa shape index (κ3) is 2.87. The number of alkyl halides is 3. The topological polar surface area (TPSA) is 30.5 Å². The van der Waals surface area contributed by atoms with Crippen molar-refractivity contribution in [2.45, 2.75) is 18.7 Å². The number of nitrogens with one attached hydrogen (secondary N) is 1. The molecule has 0 radical (unpaired) electrons. The lowest BCUT2D eigenvalue weighted by Gasteiger charge is -2.16. The molecule has 1 N–H and O–H groups in total. The van der Waals surface area contributed by atoms with E-state index in [1.54, 1.807) is 0 Å². The van der Waals surface area contributed by atoms with E-state index < -0.39 is 11.7 Å². The van der Waals surface area contributed by atoms with Crippen molar-refractivity contribution in [1.29, 1.82) is 0 Å². The molecule has 1 aromatic rings. The van der Waals surface area contributed by atoms with Crippen LogP contribution in [0.25, 0.3) is 0 Å². The summed E-state index contributed by atoms with van der Waals surface area (Å²) in [6, 6.07) is 3.75. The van der Waals surface area contributed by atoms with Crippen LogP contribution >= 0.6 is 0 Å². The van der Waals surface area contributed by atoms with E-state index in [9.17, 15) is 13.2 Å². The Hall–Kier alpha value is -1.43. The van der Waals surface area contributed by atoms with Gasteiger partial charge in [0.2, 0.25) is 0 Å². The molecule has 1 aliphatic heterocycles. The first kappa shape index (κ1) is 13.0. The van der Waals surface area contributed by atoms with Gasteiger partial charge in [-0.1, -0.05) is 0 Å². The number of ether oxygens (including phenoxy) is 2. The molecule has 3 nitrogen and oxygen atoms in total. The molecule has 1 aliphatic rings. The van der Waals surface area contributed by atoms with E-state index >= 15 is 0 Å². The summed E-state index contributed by atoms with van der Waals surface area (Å²) in [6.07, 6.45) is -3.72. The fraction of sp³-hybridized carbons (Fsp3) is 0.500. The molecular formula is C12H14F3NO2. The van der Waals surface area contributed by atoms with Crippen molar-refractivity contribution in [1.82, 2.24) is 5.32 Å². The van der Waals surface area contributed by atoms with Crippen LogP contribution in [0.4, 0.5) is 13.2 Å². The third-order valence-corrected chi connectivity index (χ3v) is 2.79. The normalized spacial score (nSPS) is 19.9. The minimum absolute atomic E-state index is 0.0699. The lowest BCUT2D eigenvalue weighted by Crippen LogP contribution is -2.20. The van der Waals surface area contributed by atoms with E-state index in [0.29, 0.717) is 6.54 Å². The van der Waals surface area contributed by atoms with Crippen molar-refractivity contribution in [3.63, 3.8) is 0 Å². The second-order valence-electron chi connectivity index (χ2n) is 4.09. The molecule has 0 saturated carbocycles. The van der Waals surface area contributed by atoms with Gasteiger partial charge in [-0.2, -0.15) is 13.2 Å². The van der Waals surface area contributed by atoms with Gasteiger partial charge < -0.3 is 14.8 Å². The fourth-order valence-corrected chi connectivity index (χ4v) is 1.90. The molecule has 1 heterocycles. The Balaban J connectivity index is 2.22. The summed E-state index contributed by atoms with van der Waals surface area (Å²) in [4.78, 5) is 0. The molecule has 0 amide bonds. The van der Waals surface area contributed by atoms with E-state index in [1.165, 1.54) is 19.2 Å². The zero-order chi connectivity index (χ0) is 13.2. The Kier molecular flexibility index (Phi) is 3.65. The highest BCUT2D eigenvalue weighted by Gasteiger charge is 2.35. The average molecular weight is 261 g/mol. The first-order valence-corrected chi connectivity index (χ1v) is 5.63. The molecule has 1 aromatic carbocycles. The van der Waals surface area contributed by atoms with Gasteiger partial charge in [0, 0.05) is 6.54 Å². The minimum atomic E-state index is -4.45. The van der Waals surface area contributed by atoms with Crippen LogP contribution in [0.1, 0.15) is 12.0 Å². The van der Waals surface area contributed by atoms with Gasteiger partial charge in [-0.05, 0) is 31.2 Å². The molecule has 1 unspecified atom stereocenters. The molecule has 1 atom stereocenters. The van der Waals surface area contributed by atoms with Crippen LogP contribution in [0.2, 0.25) is 0 Å². The predicted molar refractivity (Wildman–Crippen MR) is 59.9 cm³/mol. The van der Waals surface area contributed by atoms with E-state index in [1.807, 2.05) is 0 Å². The van der Waals surface area contributed by atoms with Crippen LogP contribution in [0, 0.1) is 0 Å². The van der Waals surface area contributed by atoms with E-state index in [-0.39, 0.29) is 17.6 Å². The molecule has 1 saturated heterocycles. The van der Waals surface area contributed by atoms with Gasteiger partial charge in [0.25, 0.3) is 0 Å². The molecule has 0 aromatic heterocycles. The summed E-state index contributed by atoms with van der Waals surface area (Å²) < 4.78 is 48.5. The standard InChI is InChI=1S/C12H14F3NO2/c1-17-11-3-2-8(6-10(11)12(13,14)15)18-9-4-5-16-7-9/h2-3,6,9,16H,4-5,7H2,1H3. The highest BCUT2D eigenvalue weighted by atomic mass is 19.4. The lowest BCUT2D eigenvalue weighted by atomic mass is 10.2. The molecule has 18 heavy (non-hydrogen) atoms. The molecule has 0 spiro atoms. The quantitative estimate of drug-likeness (QED) is 0.906. The Bertz CT molecular complexity index is 414. The maximum absolute atomic E-state index is 12.8. The van der Waals surface area contributed by atoms with Crippen molar-refractivity contribution < 1.29 is 22.6 Å². The number of halogens is 3. The van der Waals surface area contributed by atoms with E-state index in [4.69, 9.17) is 9.47 Å². The molecule has 0 aliphatic carbocycles. The summed E-state index contributed by atoms with van der Waals surface area (Å²) >= 11 is 0. The van der Waals surface area contributed by atoms with Gasteiger partial charge in [-0.25, -0.2) is 0 Å². The Labute approximate surface area is 103 Å². The van der Waals surface area contributed by atoms with Gasteiger partial charge >= 0.3 is 6.18 Å². The monoisotopic (exact) mass is 261 g/mol. The number of hydrogen-bond acceptors (Lipinski definition) is 3. The summed E-state index contributed by atoms with van der Waals surface area (Å²) in [6.45, 7) is 1.49. The molecule has 2 rings (SSSR count). The minimum Gasteiger partial charge on any atom is -0.496 e. The Morgan fingerprint density at radius 3 is 2.67 bits per heavy atom. The van der Waals surface area contributed by atoms with Crippen molar-refractivity contribution in [2.75, 3.05) is 20.2 Å². The third-order valence-electron chi connectivity index (χ3n) is 2.79. The van der Waals surface area contributed by atoms with Crippen molar-refractivity contribution in [2.24, 2.45) is 0 Å². The zero-order valence-corrected chi connectivity index (χ0v) is 9.88. The van der Waals surface area contributed by atoms with Gasteiger partial charge in [0.05, 0.1) is 7.11 Å². The van der Waals surface area contributed by atoms with Crippen LogP contribution in [-0.2, 0) is 6.18 Å². The zero-order valence-electron chi connectivity index (χ0n) is 9.88. The molecule has 6 heteroatoms. The lowest BCUT2D eigenvalue weighted by molar-refractivity contribution is -0.138. The Morgan fingerprint density at radius 1 is 1.33 bits per heavy atom. The second kappa shape index (κ2) is 5.06. The predicted octanol–water partition coefficient (Wildman–Crippen LogP) is 2.45. The summed E-state index contributed by atoms with van der Waals surface area (Å²) in [7, 11) is 1.21. The summed E-state index contributed by atoms with van der Waals surface area (Å²) in [5.41, 5.74) is -0.812. The van der Waals surface area contributed by atoms with Gasteiger partial charge in [-0.3, -0.25) is 0 Å². The first-order valence-electron chi connectivity index (χ1n) is 5.63. The highest BCUT2D eigenvalue weighted by molar-refractivity contribution is 5.42. The van der Waals surface area contributed by atoms with Crippen LogP contribution < -0.4 is 14.8 Å². The number of benzene rings is 1. The Morgan fingerprint density at radius 2 is 2.11 bits per heavy atom. The van der Waals surface area contributed by atoms with Gasteiger partial charge in [0.1, 0.15) is 23.2 Å². The molecule has 0 bridgehead atoms. The summed E-state index contributed by atoms with van der Waals surface area (Å²) in [5, 5.41) is 3.09. The molecule has 100 valence electrons. The maximum Gasteiger partial charge on any atom is 0.420 e. The number of hydrogen-bond donors (Lipinski definition) is 1. The fourth-order valence-electron chi connectivity index (χ4n) is 1.90. The van der Waals surface area contributed by atoms with Crippen molar-refractivity contribution in [3.8, 4) is 11.5 Å². The summed E-state index contributed by atoms with van der Waals surface area (Å²) in [5.74, 6) is 0.0243. The second-order valence-corrected chi connectivity index (χ2v) is 4.09. The maximum atomic E-state index is 12.8. The average Bonchev–Trinajstić information content (AvgIpc) is 2.80. The van der Waals surface area contributed by atoms with Gasteiger partial charge in [0.15, 0.2) is 0 Å². The van der Waals surface area contributed by atoms with E-state index in [0.717, 1.165) is 19.0 Å². The van der Waals surface area contributed by atoms with Crippen LogP contribution in [0.3, 0.4) is 0 Å². The SMILES string of the molecule is COc1ccc(OC2CCNC2)cc1C(F)(F)F. The molecule has 1 fully saturated rings. The first-order chi connectivity index (χ1) is 8.50. The van der Waals surface area contributed by atoms with Crippen LogP contribution in [0.15, 0.2) is 18.2 Å². The largest absolute Gasteiger partial charge is 0.496 e.